The summed E-state index contributed by atoms with van der Waals surface area (Å²) in [5.41, 5.74) is 4.64. The van der Waals surface area contributed by atoms with Gasteiger partial charge in [-0.25, -0.2) is 0 Å². The van der Waals surface area contributed by atoms with Gasteiger partial charge in [-0.3, -0.25) is 9.59 Å². The maximum atomic E-state index is 11.6. The van der Waals surface area contributed by atoms with E-state index >= 15 is 0 Å². The Kier molecular flexibility index (Phi) is 7.59. The molecule has 0 saturated carbocycles. The normalized spacial score (nSPS) is 13.1. The molecule has 0 aromatic carbocycles. The second kappa shape index (κ2) is 8.08. The standard InChI is InChI=1S/C13H26N2O3/c1-4-13(5-2,12(17)18)9-15-11(16)7-6-10(3)8-14/h10H,4-9,14H2,1-3H3,(H,15,16)(H,17,18). The average molecular weight is 258 g/mol. The van der Waals surface area contributed by atoms with Crippen LogP contribution in [0.1, 0.15) is 46.5 Å². The lowest BCUT2D eigenvalue weighted by Gasteiger charge is -2.26. The third kappa shape index (κ3) is 5.04. The summed E-state index contributed by atoms with van der Waals surface area (Å²) in [6.07, 6.45) is 2.17. The van der Waals surface area contributed by atoms with Gasteiger partial charge in [0.05, 0.1) is 5.41 Å². The quantitative estimate of drug-likeness (QED) is 0.582. The lowest BCUT2D eigenvalue weighted by atomic mass is 9.82. The van der Waals surface area contributed by atoms with E-state index in [4.69, 9.17) is 5.73 Å². The van der Waals surface area contributed by atoms with Crippen LogP contribution >= 0.6 is 0 Å². The molecule has 18 heavy (non-hydrogen) atoms. The van der Waals surface area contributed by atoms with Gasteiger partial charge in [0.2, 0.25) is 5.91 Å². The van der Waals surface area contributed by atoms with Crippen LogP contribution in [0.2, 0.25) is 0 Å². The molecule has 0 fully saturated rings. The number of nitrogens with two attached hydrogens (primary N) is 1. The number of hydrogen-bond acceptors (Lipinski definition) is 3. The number of rotatable bonds is 9. The fourth-order valence-corrected chi connectivity index (χ4v) is 1.73. The third-order valence-corrected chi connectivity index (χ3v) is 3.70. The molecule has 1 atom stereocenters. The van der Waals surface area contributed by atoms with Crippen LogP contribution in [0.3, 0.4) is 0 Å². The van der Waals surface area contributed by atoms with Crippen LogP contribution in [0.15, 0.2) is 0 Å². The van der Waals surface area contributed by atoms with Crippen LogP contribution in [-0.2, 0) is 9.59 Å². The van der Waals surface area contributed by atoms with Crippen LogP contribution in [0.25, 0.3) is 0 Å². The number of amides is 1. The van der Waals surface area contributed by atoms with E-state index in [9.17, 15) is 14.7 Å². The minimum Gasteiger partial charge on any atom is -0.481 e. The maximum absolute atomic E-state index is 11.6. The molecule has 5 heteroatoms. The molecule has 0 aliphatic carbocycles. The summed E-state index contributed by atoms with van der Waals surface area (Å²) in [5.74, 6) is -0.622. The molecule has 0 heterocycles. The molecule has 0 aliphatic heterocycles. The molecule has 0 spiro atoms. The first-order valence-electron chi connectivity index (χ1n) is 6.62. The Morgan fingerprint density at radius 3 is 2.28 bits per heavy atom. The molecular formula is C13H26N2O3. The highest BCUT2D eigenvalue weighted by Crippen LogP contribution is 2.25. The first-order chi connectivity index (χ1) is 8.41. The van der Waals surface area contributed by atoms with Gasteiger partial charge in [0.25, 0.3) is 0 Å². The van der Waals surface area contributed by atoms with E-state index < -0.39 is 11.4 Å². The second-order valence-corrected chi connectivity index (χ2v) is 4.95. The van der Waals surface area contributed by atoms with E-state index in [0.717, 1.165) is 6.42 Å². The van der Waals surface area contributed by atoms with Crippen molar-refractivity contribution in [2.75, 3.05) is 13.1 Å². The average Bonchev–Trinajstić information content (AvgIpc) is 2.37. The molecule has 0 aromatic heterocycles. The Balaban J connectivity index is 4.20. The summed E-state index contributed by atoms with van der Waals surface area (Å²) < 4.78 is 0. The topological polar surface area (TPSA) is 92.4 Å². The summed E-state index contributed by atoms with van der Waals surface area (Å²) in [5, 5.41) is 12.0. The van der Waals surface area contributed by atoms with Crippen LogP contribution in [-0.4, -0.2) is 30.1 Å². The summed E-state index contributed by atoms with van der Waals surface area (Å²) in [4.78, 5) is 22.9. The van der Waals surface area contributed by atoms with Gasteiger partial charge in [0, 0.05) is 13.0 Å². The van der Waals surface area contributed by atoms with Gasteiger partial charge in [0.15, 0.2) is 0 Å². The Hall–Kier alpha value is -1.10. The van der Waals surface area contributed by atoms with Gasteiger partial charge < -0.3 is 16.2 Å². The van der Waals surface area contributed by atoms with Gasteiger partial charge >= 0.3 is 5.97 Å². The van der Waals surface area contributed by atoms with Crippen molar-refractivity contribution in [2.24, 2.45) is 17.1 Å². The van der Waals surface area contributed by atoms with E-state index in [0.29, 0.717) is 31.7 Å². The number of aliphatic carboxylic acids is 1. The summed E-state index contributed by atoms with van der Waals surface area (Å²) in [7, 11) is 0. The lowest BCUT2D eigenvalue weighted by Crippen LogP contribution is -2.42. The minimum atomic E-state index is -0.844. The van der Waals surface area contributed by atoms with Crippen molar-refractivity contribution in [3.8, 4) is 0 Å². The van der Waals surface area contributed by atoms with E-state index in [2.05, 4.69) is 5.32 Å². The van der Waals surface area contributed by atoms with Crippen LogP contribution in [0.5, 0.6) is 0 Å². The van der Waals surface area contributed by atoms with Gasteiger partial charge in [0.1, 0.15) is 0 Å². The second-order valence-electron chi connectivity index (χ2n) is 4.95. The van der Waals surface area contributed by atoms with E-state index in [1.807, 2.05) is 20.8 Å². The molecule has 5 nitrogen and oxygen atoms in total. The van der Waals surface area contributed by atoms with Crippen molar-refractivity contribution in [3.05, 3.63) is 0 Å². The van der Waals surface area contributed by atoms with Crippen molar-refractivity contribution in [1.82, 2.24) is 5.32 Å². The Morgan fingerprint density at radius 2 is 1.89 bits per heavy atom. The smallest absolute Gasteiger partial charge is 0.311 e. The first-order valence-corrected chi connectivity index (χ1v) is 6.62. The van der Waals surface area contributed by atoms with Crippen molar-refractivity contribution in [1.29, 1.82) is 0 Å². The predicted molar refractivity (Wildman–Crippen MR) is 71.1 cm³/mol. The van der Waals surface area contributed by atoms with Crippen molar-refractivity contribution in [3.63, 3.8) is 0 Å². The number of carboxylic acid groups (broad SMARTS) is 1. The van der Waals surface area contributed by atoms with Crippen molar-refractivity contribution < 1.29 is 14.7 Å². The van der Waals surface area contributed by atoms with Crippen molar-refractivity contribution in [2.45, 2.75) is 46.5 Å². The van der Waals surface area contributed by atoms with Gasteiger partial charge in [-0.2, -0.15) is 0 Å². The number of hydrogen-bond donors (Lipinski definition) is 3. The van der Waals surface area contributed by atoms with Gasteiger partial charge in [-0.05, 0) is 31.7 Å². The molecular weight excluding hydrogens is 232 g/mol. The van der Waals surface area contributed by atoms with Crippen molar-refractivity contribution >= 4 is 11.9 Å². The molecule has 0 radical (unpaired) electrons. The van der Waals surface area contributed by atoms with E-state index in [1.165, 1.54) is 0 Å². The fraction of sp³-hybridized carbons (Fsp3) is 0.846. The molecule has 0 bridgehead atoms. The zero-order valence-corrected chi connectivity index (χ0v) is 11.7. The summed E-state index contributed by atoms with van der Waals surface area (Å²) in [6, 6.07) is 0. The molecule has 0 aliphatic rings. The maximum Gasteiger partial charge on any atom is 0.311 e. The zero-order chi connectivity index (χ0) is 14.2. The van der Waals surface area contributed by atoms with E-state index in [1.54, 1.807) is 0 Å². The third-order valence-electron chi connectivity index (χ3n) is 3.70. The lowest BCUT2D eigenvalue weighted by molar-refractivity contribution is -0.149. The van der Waals surface area contributed by atoms with Gasteiger partial charge in [-0.1, -0.05) is 20.8 Å². The Labute approximate surface area is 109 Å². The zero-order valence-electron chi connectivity index (χ0n) is 11.7. The fourth-order valence-electron chi connectivity index (χ4n) is 1.73. The Bertz CT molecular complexity index is 275. The summed E-state index contributed by atoms with van der Waals surface area (Å²) >= 11 is 0. The van der Waals surface area contributed by atoms with Crippen LogP contribution in [0, 0.1) is 11.3 Å². The molecule has 4 N–H and O–H groups in total. The van der Waals surface area contributed by atoms with Crippen LogP contribution < -0.4 is 11.1 Å². The molecule has 0 saturated heterocycles. The Morgan fingerprint density at radius 1 is 1.33 bits per heavy atom. The highest BCUT2D eigenvalue weighted by Gasteiger charge is 2.34. The number of carbonyl (C=O) groups excluding carboxylic acids is 1. The first kappa shape index (κ1) is 16.9. The molecule has 0 rings (SSSR count). The number of nitrogens with one attached hydrogen (secondary N) is 1. The SMILES string of the molecule is CCC(CC)(CNC(=O)CCC(C)CN)C(=O)O. The molecule has 106 valence electrons. The van der Waals surface area contributed by atoms with Crippen LogP contribution in [0.4, 0.5) is 0 Å². The highest BCUT2D eigenvalue weighted by molar-refractivity contribution is 5.79. The molecule has 1 unspecified atom stereocenters. The summed E-state index contributed by atoms with van der Waals surface area (Å²) in [6.45, 7) is 6.43. The molecule has 0 aromatic rings. The predicted octanol–water partition coefficient (Wildman–Crippen LogP) is 1.37. The monoisotopic (exact) mass is 258 g/mol. The van der Waals surface area contributed by atoms with E-state index in [-0.39, 0.29) is 12.5 Å². The minimum absolute atomic E-state index is 0.0946. The van der Waals surface area contributed by atoms with Gasteiger partial charge in [-0.15, -0.1) is 0 Å². The number of carboxylic acids is 1. The molecule has 1 amide bonds. The highest BCUT2D eigenvalue weighted by atomic mass is 16.4. The largest absolute Gasteiger partial charge is 0.481 e. The number of carbonyl (C=O) groups is 2.